The molecule has 0 spiro atoms. The Labute approximate surface area is 171 Å². The molecule has 1 aliphatic rings. The lowest BCUT2D eigenvalue weighted by molar-refractivity contribution is -0.122. The highest BCUT2D eigenvalue weighted by atomic mass is 35.5. The normalized spacial score (nSPS) is 15.1. The van der Waals surface area contributed by atoms with Crippen molar-refractivity contribution < 1.29 is 18.7 Å². The number of amides is 3. The van der Waals surface area contributed by atoms with Crippen LogP contribution in [0.2, 0.25) is 10.0 Å². The summed E-state index contributed by atoms with van der Waals surface area (Å²) in [6.45, 7) is 3.79. The molecular formula is C20H15Cl2FN2O3. The third-order valence-corrected chi connectivity index (χ3v) is 4.46. The van der Waals surface area contributed by atoms with E-state index < -0.39 is 11.9 Å². The molecule has 1 fully saturated rings. The number of halogens is 3. The summed E-state index contributed by atoms with van der Waals surface area (Å²) >= 11 is 12.5. The second kappa shape index (κ2) is 8.46. The Morgan fingerprint density at radius 3 is 2.39 bits per heavy atom. The van der Waals surface area contributed by atoms with Crippen LogP contribution in [0.5, 0.6) is 5.75 Å². The summed E-state index contributed by atoms with van der Waals surface area (Å²) in [7, 11) is 0. The van der Waals surface area contributed by atoms with Crippen molar-refractivity contribution in [1.82, 2.24) is 10.2 Å². The molecule has 0 saturated carbocycles. The summed E-state index contributed by atoms with van der Waals surface area (Å²) < 4.78 is 18.6. The Balaban J connectivity index is 1.78. The van der Waals surface area contributed by atoms with Gasteiger partial charge in [0.25, 0.3) is 5.91 Å². The zero-order chi connectivity index (χ0) is 20.3. The summed E-state index contributed by atoms with van der Waals surface area (Å²) in [6.07, 6.45) is 2.94. The third-order valence-electron chi connectivity index (χ3n) is 3.90. The van der Waals surface area contributed by atoms with Crippen molar-refractivity contribution in [3.05, 3.63) is 81.7 Å². The largest absolute Gasteiger partial charge is 0.486 e. The Bertz CT molecular complexity index is 951. The van der Waals surface area contributed by atoms with Crippen LogP contribution in [-0.4, -0.2) is 23.4 Å². The fraction of sp³-hybridized carbons (Fsp3) is 0.100. The molecule has 0 aromatic heterocycles. The van der Waals surface area contributed by atoms with Gasteiger partial charge in [-0.2, -0.15) is 0 Å². The van der Waals surface area contributed by atoms with Crippen molar-refractivity contribution >= 4 is 41.2 Å². The molecule has 8 heteroatoms. The third kappa shape index (κ3) is 4.35. The minimum atomic E-state index is -0.521. The lowest BCUT2D eigenvalue weighted by Gasteiger charge is -2.11. The van der Waals surface area contributed by atoms with Crippen LogP contribution in [0.1, 0.15) is 11.1 Å². The quantitative estimate of drug-likeness (QED) is 0.415. The molecule has 1 N–H and O–H groups in total. The summed E-state index contributed by atoms with van der Waals surface area (Å²) in [5, 5.41) is 2.97. The zero-order valence-corrected chi connectivity index (χ0v) is 16.1. The van der Waals surface area contributed by atoms with Crippen LogP contribution in [0, 0.1) is 5.82 Å². The molecule has 1 heterocycles. The molecular weight excluding hydrogens is 406 g/mol. The number of imide groups is 1. The van der Waals surface area contributed by atoms with Gasteiger partial charge < -0.3 is 10.1 Å². The zero-order valence-electron chi connectivity index (χ0n) is 14.5. The summed E-state index contributed by atoms with van der Waals surface area (Å²) in [5.74, 6) is -0.531. The second-order valence-corrected chi connectivity index (χ2v) is 6.74. The Morgan fingerprint density at radius 2 is 1.79 bits per heavy atom. The molecule has 2 aromatic rings. The molecule has 3 rings (SSSR count). The van der Waals surface area contributed by atoms with E-state index in [2.05, 4.69) is 11.9 Å². The number of benzene rings is 2. The summed E-state index contributed by atoms with van der Waals surface area (Å²) in [5.41, 5.74) is 1.38. The number of carbonyl (C=O) groups is 2. The Hall–Kier alpha value is -2.83. The maximum Gasteiger partial charge on any atom is 0.329 e. The van der Waals surface area contributed by atoms with Gasteiger partial charge in [0.2, 0.25) is 0 Å². The van der Waals surface area contributed by atoms with E-state index in [1.807, 2.05) is 0 Å². The highest BCUT2D eigenvalue weighted by molar-refractivity contribution is 6.37. The fourth-order valence-electron chi connectivity index (χ4n) is 2.57. The Kier molecular flexibility index (Phi) is 6.02. The van der Waals surface area contributed by atoms with Crippen molar-refractivity contribution in [2.24, 2.45) is 0 Å². The van der Waals surface area contributed by atoms with Gasteiger partial charge in [-0.05, 0) is 41.5 Å². The number of hydrogen-bond acceptors (Lipinski definition) is 3. The first-order valence-electron chi connectivity index (χ1n) is 8.20. The smallest absolute Gasteiger partial charge is 0.329 e. The molecule has 144 valence electrons. The van der Waals surface area contributed by atoms with E-state index in [-0.39, 0.29) is 40.5 Å². The van der Waals surface area contributed by atoms with Gasteiger partial charge in [0.15, 0.2) is 5.75 Å². The number of rotatable bonds is 6. The standard InChI is InChI=1S/C20H15Cl2FN2O3/c1-2-7-25-19(26)17(24-20(25)27)10-13-8-15(21)18(16(22)9-13)28-11-12-3-5-14(23)6-4-12/h2-6,8-10H,1,7,11H2,(H,24,27)/b17-10+. The summed E-state index contributed by atoms with van der Waals surface area (Å²) in [6, 6.07) is 8.47. The van der Waals surface area contributed by atoms with Crippen LogP contribution in [0.3, 0.4) is 0 Å². The van der Waals surface area contributed by atoms with Gasteiger partial charge in [-0.3, -0.25) is 9.69 Å². The number of nitrogens with zero attached hydrogens (tertiary/aromatic N) is 1. The molecule has 0 bridgehead atoms. The van der Waals surface area contributed by atoms with Crippen LogP contribution in [0.15, 0.2) is 54.8 Å². The van der Waals surface area contributed by atoms with E-state index in [9.17, 15) is 14.0 Å². The van der Waals surface area contributed by atoms with Crippen molar-refractivity contribution in [1.29, 1.82) is 0 Å². The second-order valence-electron chi connectivity index (χ2n) is 5.92. The highest BCUT2D eigenvalue weighted by Gasteiger charge is 2.32. The monoisotopic (exact) mass is 420 g/mol. The Morgan fingerprint density at radius 1 is 1.14 bits per heavy atom. The van der Waals surface area contributed by atoms with Crippen molar-refractivity contribution in [2.45, 2.75) is 6.61 Å². The average molecular weight is 421 g/mol. The van der Waals surface area contributed by atoms with E-state index in [1.165, 1.54) is 24.3 Å². The first-order valence-corrected chi connectivity index (χ1v) is 8.96. The number of urea groups is 1. The van der Waals surface area contributed by atoms with Crippen LogP contribution >= 0.6 is 23.2 Å². The summed E-state index contributed by atoms with van der Waals surface area (Å²) in [4.78, 5) is 25.1. The maximum atomic E-state index is 13.0. The van der Waals surface area contributed by atoms with E-state index >= 15 is 0 Å². The van der Waals surface area contributed by atoms with Crippen LogP contribution in [0.25, 0.3) is 6.08 Å². The molecule has 0 atom stereocenters. The fourth-order valence-corrected chi connectivity index (χ4v) is 3.18. The average Bonchev–Trinajstić information content (AvgIpc) is 2.90. The predicted molar refractivity (Wildman–Crippen MR) is 106 cm³/mol. The molecule has 3 amide bonds. The first-order chi connectivity index (χ1) is 13.4. The lowest BCUT2D eigenvalue weighted by Crippen LogP contribution is -2.30. The van der Waals surface area contributed by atoms with E-state index in [4.69, 9.17) is 27.9 Å². The number of hydrogen-bond donors (Lipinski definition) is 1. The molecule has 0 aliphatic carbocycles. The van der Waals surface area contributed by atoms with Crippen molar-refractivity contribution in [3.63, 3.8) is 0 Å². The minimum absolute atomic E-state index is 0.110. The molecule has 0 radical (unpaired) electrons. The minimum Gasteiger partial charge on any atom is -0.486 e. The van der Waals surface area contributed by atoms with Gasteiger partial charge in [-0.15, -0.1) is 6.58 Å². The maximum absolute atomic E-state index is 13.0. The van der Waals surface area contributed by atoms with Gasteiger partial charge in [-0.25, -0.2) is 9.18 Å². The molecule has 2 aromatic carbocycles. The SMILES string of the molecule is C=CCN1C(=O)N/C(=C/c2cc(Cl)c(OCc3ccc(F)cc3)c(Cl)c2)C1=O. The van der Waals surface area contributed by atoms with Crippen LogP contribution < -0.4 is 10.1 Å². The molecule has 5 nitrogen and oxygen atoms in total. The van der Waals surface area contributed by atoms with Crippen LogP contribution in [0.4, 0.5) is 9.18 Å². The van der Waals surface area contributed by atoms with Gasteiger partial charge >= 0.3 is 6.03 Å². The molecule has 1 aliphatic heterocycles. The lowest BCUT2D eigenvalue weighted by atomic mass is 10.1. The van der Waals surface area contributed by atoms with E-state index in [0.717, 1.165) is 10.5 Å². The molecule has 0 unspecified atom stereocenters. The van der Waals surface area contributed by atoms with Gasteiger partial charge in [0.05, 0.1) is 10.0 Å². The van der Waals surface area contributed by atoms with Gasteiger partial charge in [0, 0.05) is 6.54 Å². The number of ether oxygens (including phenoxy) is 1. The van der Waals surface area contributed by atoms with Gasteiger partial charge in [-0.1, -0.05) is 41.4 Å². The van der Waals surface area contributed by atoms with Crippen molar-refractivity contribution in [3.8, 4) is 5.75 Å². The highest BCUT2D eigenvalue weighted by Crippen LogP contribution is 2.35. The van der Waals surface area contributed by atoms with Crippen molar-refractivity contribution in [2.75, 3.05) is 6.54 Å². The van der Waals surface area contributed by atoms with E-state index in [1.54, 1.807) is 24.3 Å². The predicted octanol–water partition coefficient (Wildman–Crippen LogP) is 4.79. The molecule has 1 saturated heterocycles. The topological polar surface area (TPSA) is 58.6 Å². The number of carbonyl (C=O) groups excluding carboxylic acids is 2. The molecule has 28 heavy (non-hydrogen) atoms. The van der Waals surface area contributed by atoms with Crippen LogP contribution in [-0.2, 0) is 11.4 Å². The van der Waals surface area contributed by atoms with Gasteiger partial charge in [0.1, 0.15) is 18.1 Å². The number of nitrogens with one attached hydrogen (secondary N) is 1. The first kappa shape index (κ1) is 19.9. The van der Waals surface area contributed by atoms with E-state index in [0.29, 0.717) is 5.56 Å².